The van der Waals surface area contributed by atoms with Crippen molar-refractivity contribution < 1.29 is 9.47 Å². The van der Waals surface area contributed by atoms with E-state index in [1.165, 1.54) is 11.1 Å². The van der Waals surface area contributed by atoms with E-state index in [0.717, 1.165) is 24.6 Å². The molecule has 0 saturated carbocycles. The molecule has 1 aromatic carbocycles. The molecule has 2 aromatic rings. The average Bonchev–Trinajstić information content (AvgIpc) is 2.54. The standard InChI is InChI=1S/C17H23N3O2/c1-4-15-19-16(11-17(20-15)22-10-9-21-3)18-12-14-7-5-13(2)6-8-14/h5-8,11H,4,9-10,12H2,1-3H3,(H,18,19,20). The highest BCUT2D eigenvalue weighted by molar-refractivity contribution is 5.39. The minimum absolute atomic E-state index is 0.480. The summed E-state index contributed by atoms with van der Waals surface area (Å²) < 4.78 is 10.6. The number of aromatic nitrogens is 2. The van der Waals surface area contributed by atoms with E-state index in [4.69, 9.17) is 9.47 Å². The van der Waals surface area contributed by atoms with E-state index in [0.29, 0.717) is 19.1 Å². The zero-order chi connectivity index (χ0) is 15.8. The molecule has 0 atom stereocenters. The fourth-order valence-electron chi connectivity index (χ4n) is 1.92. The summed E-state index contributed by atoms with van der Waals surface area (Å²) in [4.78, 5) is 8.84. The Morgan fingerprint density at radius 1 is 1.09 bits per heavy atom. The number of ether oxygens (including phenoxy) is 2. The highest BCUT2D eigenvalue weighted by Crippen LogP contribution is 2.15. The molecule has 118 valence electrons. The maximum absolute atomic E-state index is 5.58. The summed E-state index contributed by atoms with van der Waals surface area (Å²) in [5.74, 6) is 2.12. The van der Waals surface area contributed by atoms with E-state index in [2.05, 4.69) is 46.5 Å². The second kappa shape index (κ2) is 8.34. The van der Waals surface area contributed by atoms with Crippen molar-refractivity contribution in [2.45, 2.75) is 26.8 Å². The first-order valence-corrected chi connectivity index (χ1v) is 7.50. The van der Waals surface area contributed by atoms with E-state index in [-0.39, 0.29) is 0 Å². The third-order valence-corrected chi connectivity index (χ3v) is 3.20. The Kier molecular flexibility index (Phi) is 6.15. The van der Waals surface area contributed by atoms with Gasteiger partial charge in [0, 0.05) is 26.1 Å². The van der Waals surface area contributed by atoms with Gasteiger partial charge < -0.3 is 14.8 Å². The van der Waals surface area contributed by atoms with Crippen molar-refractivity contribution in [1.29, 1.82) is 0 Å². The molecule has 5 heteroatoms. The second-order valence-electron chi connectivity index (χ2n) is 5.04. The zero-order valence-electron chi connectivity index (χ0n) is 13.4. The van der Waals surface area contributed by atoms with Gasteiger partial charge in [-0.3, -0.25) is 0 Å². The van der Waals surface area contributed by atoms with Crippen molar-refractivity contribution in [3.8, 4) is 5.88 Å². The van der Waals surface area contributed by atoms with E-state index in [1.807, 2.05) is 13.0 Å². The molecule has 0 amide bonds. The molecule has 0 aliphatic rings. The summed E-state index contributed by atoms with van der Waals surface area (Å²) in [5.41, 5.74) is 2.47. The Labute approximate surface area is 131 Å². The van der Waals surface area contributed by atoms with Crippen LogP contribution in [0.25, 0.3) is 0 Å². The molecular formula is C17H23N3O2. The second-order valence-corrected chi connectivity index (χ2v) is 5.04. The molecule has 1 aromatic heterocycles. The summed E-state index contributed by atoms with van der Waals surface area (Å²) in [6.45, 7) is 5.85. The molecule has 0 unspecified atom stereocenters. The third kappa shape index (κ3) is 5.00. The summed E-state index contributed by atoms with van der Waals surface area (Å²) in [6.07, 6.45) is 0.765. The van der Waals surface area contributed by atoms with Crippen molar-refractivity contribution in [1.82, 2.24) is 9.97 Å². The van der Waals surface area contributed by atoms with Gasteiger partial charge in [0.1, 0.15) is 18.2 Å². The number of hydrogen-bond acceptors (Lipinski definition) is 5. The SMILES string of the molecule is CCc1nc(NCc2ccc(C)cc2)cc(OCCOC)n1. The quantitative estimate of drug-likeness (QED) is 0.760. The van der Waals surface area contributed by atoms with Crippen LogP contribution in [0.5, 0.6) is 5.88 Å². The lowest BCUT2D eigenvalue weighted by Crippen LogP contribution is -2.09. The molecule has 0 bridgehead atoms. The van der Waals surface area contributed by atoms with Crippen LogP contribution in [0.4, 0.5) is 5.82 Å². The van der Waals surface area contributed by atoms with Gasteiger partial charge in [-0.2, -0.15) is 4.98 Å². The monoisotopic (exact) mass is 301 g/mol. The molecule has 0 fully saturated rings. The maximum Gasteiger partial charge on any atom is 0.218 e. The van der Waals surface area contributed by atoms with Gasteiger partial charge in [0.05, 0.1) is 6.61 Å². The first-order chi connectivity index (χ1) is 10.7. The first-order valence-electron chi connectivity index (χ1n) is 7.50. The number of methoxy groups -OCH3 is 1. The fraction of sp³-hybridized carbons (Fsp3) is 0.412. The normalized spacial score (nSPS) is 10.5. The van der Waals surface area contributed by atoms with Crippen molar-refractivity contribution in [3.63, 3.8) is 0 Å². The maximum atomic E-state index is 5.58. The Morgan fingerprint density at radius 3 is 2.55 bits per heavy atom. The molecule has 5 nitrogen and oxygen atoms in total. The predicted octanol–water partition coefficient (Wildman–Crippen LogP) is 2.98. The van der Waals surface area contributed by atoms with Crippen molar-refractivity contribution in [2.75, 3.05) is 25.6 Å². The van der Waals surface area contributed by atoms with E-state index in [1.54, 1.807) is 7.11 Å². The molecule has 22 heavy (non-hydrogen) atoms. The average molecular weight is 301 g/mol. The molecule has 1 heterocycles. The van der Waals surface area contributed by atoms with Crippen LogP contribution in [0.1, 0.15) is 23.9 Å². The van der Waals surface area contributed by atoms with Gasteiger partial charge in [0.2, 0.25) is 5.88 Å². The van der Waals surface area contributed by atoms with Gasteiger partial charge >= 0.3 is 0 Å². The Hall–Kier alpha value is -2.14. The predicted molar refractivity (Wildman–Crippen MR) is 87.3 cm³/mol. The minimum Gasteiger partial charge on any atom is -0.475 e. The number of benzene rings is 1. The number of nitrogens with one attached hydrogen (secondary N) is 1. The van der Waals surface area contributed by atoms with Gasteiger partial charge in [-0.1, -0.05) is 36.8 Å². The lowest BCUT2D eigenvalue weighted by Gasteiger charge is -2.10. The minimum atomic E-state index is 0.480. The molecule has 2 rings (SSSR count). The van der Waals surface area contributed by atoms with Crippen LogP contribution in [0.3, 0.4) is 0 Å². The molecule has 0 spiro atoms. The van der Waals surface area contributed by atoms with Gasteiger partial charge in [-0.15, -0.1) is 0 Å². The fourth-order valence-corrected chi connectivity index (χ4v) is 1.92. The molecule has 0 saturated heterocycles. The zero-order valence-corrected chi connectivity index (χ0v) is 13.4. The summed E-state index contributed by atoms with van der Waals surface area (Å²) in [5, 5.41) is 3.32. The van der Waals surface area contributed by atoms with Crippen LogP contribution in [-0.4, -0.2) is 30.3 Å². The number of rotatable bonds is 8. The number of hydrogen-bond donors (Lipinski definition) is 1. The van der Waals surface area contributed by atoms with Crippen LogP contribution in [0.15, 0.2) is 30.3 Å². The molecular weight excluding hydrogens is 278 g/mol. The van der Waals surface area contributed by atoms with Crippen LogP contribution < -0.4 is 10.1 Å². The van der Waals surface area contributed by atoms with Crippen molar-refractivity contribution in [2.24, 2.45) is 0 Å². The summed E-state index contributed by atoms with van der Waals surface area (Å²) in [7, 11) is 1.65. The van der Waals surface area contributed by atoms with Crippen LogP contribution >= 0.6 is 0 Å². The van der Waals surface area contributed by atoms with E-state index in [9.17, 15) is 0 Å². The van der Waals surface area contributed by atoms with Gasteiger partial charge in [-0.05, 0) is 12.5 Å². The topological polar surface area (TPSA) is 56.3 Å². The lowest BCUT2D eigenvalue weighted by atomic mass is 10.1. The summed E-state index contributed by atoms with van der Waals surface area (Å²) in [6, 6.07) is 10.3. The smallest absolute Gasteiger partial charge is 0.218 e. The molecule has 0 aliphatic heterocycles. The van der Waals surface area contributed by atoms with Crippen molar-refractivity contribution in [3.05, 3.63) is 47.3 Å². The van der Waals surface area contributed by atoms with Crippen molar-refractivity contribution >= 4 is 5.82 Å². The highest BCUT2D eigenvalue weighted by atomic mass is 16.5. The highest BCUT2D eigenvalue weighted by Gasteiger charge is 2.05. The number of anilines is 1. The first kappa shape index (κ1) is 16.2. The van der Waals surface area contributed by atoms with Gasteiger partial charge in [-0.25, -0.2) is 4.98 Å². The van der Waals surface area contributed by atoms with Crippen LogP contribution in [-0.2, 0) is 17.7 Å². The molecule has 0 radical (unpaired) electrons. The van der Waals surface area contributed by atoms with Crippen LogP contribution in [0.2, 0.25) is 0 Å². The molecule has 0 aliphatic carbocycles. The number of nitrogens with zero attached hydrogens (tertiary/aromatic N) is 2. The Morgan fingerprint density at radius 2 is 1.86 bits per heavy atom. The third-order valence-electron chi connectivity index (χ3n) is 3.20. The van der Waals surface area contributed by atoms with E-state index >= 15 is 0 Å². The number of aryl methyl sites for hydroxylation is 2. The lowest BCUT2D eigenvalue weighted by molar-refractivity contribution is 0.143. The largest absolute Gasteiger partial charge is 0.475 e. The van der Waals surface area contributed by atoms with Gasteiger partial charge in [0.15, 0.2) is 0 Å². The Bertz CT molecular complexity index is 585. The van der Waals surface area contributed by atoms with Gasteiger partial charge in [0.25, 0.3) is 0 Å². The van der Waals surface area contributed by atoms with Crippen LogP contribution in [0, 0.1) is 6.92 Å². The molecule has 1 N–H and O–H groups in total. The summed E-state index contributed by atoms with van der Waals surface area (Å²) >= 11 is 0. The Balaban J connectivity index is 2.02. The van der Waals surface area contributed by atoms with E-state index < -0.39 is 0 Å².